The van der Waals surface area contributed by atoms with E-state index >= 15 is 0 Å². The quantitative estimate of drug-likeness (QED) is 0.614. The van der Waals surface area contributed by atoms with Gasteiger partial charge in [-0.1, -0.05) is 4.40 Å². The van der Waals surface area contributed by atoms with Gasteiger partial charge in [0.2, 0.25) is 0 Å². The van der Waals surface area contributed by atoms with Crippen LogP contribution in [0, 0.1) is 6.92 Å². The van der Waals surface area contributed by atoms with Crippen LogP contribution in [0.3, 0.4) is 0 Å². The third kappa shape index (κ3) is 3.81. The van der Waals surface area contributed by atoms with Gasteiger partial charge in [-0.2, -0.15) is 5.10 Å². The van der Waals surface area contributed by atoms with Crippen molar-refractivity contribution < 1.29 is 4.55 Å². The van der Waals surface area contributed by atoms with Gasteiger partial charge in [-0.05, 0) is 41.5 Å². The van der Waals surface area contributed by atoms with E-state index in [1.807, 2.05) is 41.5 Å². The van der Waals surface area contributed by atoms with E-state index in [0.717, 1.165) is 0 Å². The Morgan fingerprint density at radius 2 is 2.00 bits per heavy atom. The first-order chi connectivity index (χ1) is 7.71. The predicted molar refractivity (Wildman–Crippen MR) is 70.6 cm³/mol. The number of aryl methyl sites for hydroxylation is 1. The summed E-state index contributed by atoms with van der Waals surface area (Å²) in [6, 6.07) is 0.209. The molecule has 0 bridgehead atoms. The third-order valence-corrected chi connectivity index (χ3v) is 3.39. The summed E-state index contributed by atoms with van der Waals surface area (Å²) in [7, 11) is 0. The van der Waals surface area contributed by atoms with Crippen LogP contribution in [0.25, 0.3) is 0 Å². The zero-order valence-corrected chi connectivity index (χ0v) is 12.1. The van der Waals surface area contributed by atoms with Gasteiger partial charge in [-0.25, -0.2) is 9.67 Å². The average Bonchev–Trinajstić information content (AvgIpc) is 2.54. The molecule has 1 unspecified atom stereocenters. The number of aromatic nitrogens is 3. The summed E-state index contributed by atoms with van der Waals surface area (Å²) in [5.74, 6) is 1.34. The van der Waals surface area contributed by atoms with Crippen molar-refractivity contribution in [2.24, 2.45) is 4.40 Å². The smallest absolute Gasteiger partial charge is 0.174 e. The molecule has 1 atom stereocenters. The molecule has 0 radical (unpaired) electrons. The topological polar surface area (TPSA) is 66.1 Å². The SMILES string of the molecule is Cc1nc(/C=N/[S+]([O-])C(C)(C)C)n(C(C)C)n1. The van der Waals surface area contributed by atoms with Gasteiger partial charge in [0.15, 0.2) is 5.82 Å². The first kappa shape index (κ1) is 14.2. The molecular weight excluding hydrogens is 236 g/mol. The Bertz CT molecular complexity index is 406. The highest BCUT2D eigenvalue weighted by Gasteiger charge is 2.26. The minimum Gasteiger partial charge on any atom is -0.591 e. The molecular formula is C11H20N4OS. The normalized spacial score (nSPS) is 14.8. The van der Waals surface area contributed by atoms with Gasteiger partial charge in [-0.3, -0.25) is 0 Å². The molecule has 6 heteroatoms. The summed E-state index contributed by atoms with van der Waals surface area (Å²) in [6.07, 6.45) is 1.54. The van der Waals surface area contributed by atoms with Crippen LogP contribution >= 0.6 is 0 Å². The van der Waals surface area contributed by atoms with Crippen LogP contribution < -0.4 is 0 Å². The van der Waals surface area contributed by atoms with Crippen LogP contribution in [0.5, 0.6) is 0 Å². The molecule has 1 aromatic rings. The highest BCUT2D eigenvalue weighted by Crippen LogP contribution is 2.17. The molecule has 0 spiro atoms. The number of hydrogen-bond acceptors (Lipinski definition) is 4. The lowest BCUT2D eigenvalue weighted by Crippen LogP contribution is -2.26. The summed E-state index contributed by atoms with van der Waals surface area (Å²) >= 11 is -1.26. The Labute approximate surface area is 106 Å². The van der Waals surface area contributed by atoms with Crippen LogP contribution in [0.15, 0.2) is 4.40 Å². The van der Waals surface area contributed by atoms with Crippen molar-refractivity contribution in [2.75, 3.05) is 0 Å². The summed E-state index contributed by atoms with van der Waals surface area (Å²) in [5, 5.41) is 4.27. The van der Waals surface area contributed by atoms with Gasteiger partial charge in [0.1, 0.15) is 28.1 Å². The summed E-state index contributed by atoms with van der Waals surface area (Å²) in [5.41, 5.74) is 0. The molecule has 1 aromatic heterocycles. The van der Waals surface area contributed by atoms with Crippen molar-refractivity contribution in [1.29, 1.82) is 0 Å². The van der Waals surface area contributed by atoms with Crippen molar-refractivity contribution in [1.82, 2.24) is 14.8 Å². The first-order valence-electron chi connectivity index (χ1n) is 5.61. The van der Waals surface area contributed by atoms with E-state index in [-0.39, 0.29) is 10.8 Å². The molecule has 0 aliphatic carbocycles. The van der Waals surface area contributed by atoms with E-state index in [0.29, 0.717) is 11.6 Å². The van der Waals surface area contributed by atoms with Crippen molar-refractivity contribution >= 4 is 17.6 Å². The molecule has 0 saturated carbocycles. The van der Waals surface area contributed by atoms with Crippen molar-refractivity contribution in [3.05, 3.63) is 11.6 Å². The van der Waals surface area contributed by atoms with Gasteiger partial charge in [-0.15, -0.1) is 0 Å². The molecule has 0 aromatic carbocycles. The maximum Gasteiger partial charge on any atom is 0.174 e. The Balaban J connectivity index is 2.92. The molecule has 0 amide bonds. The average molecular weight is 256 g/mol. The van der Waals surface area contributed by atoms with Crippen LogP contribution in [-0.4, -0.2) is 30.3 Å². The van der Waals surface area contributed by atoms with Crippen molar-refractivity contribution in [2.45, 2.75) is 52.3 Å². The Morgan fingerprint density at radius 1 is 1.41 bits per heavy atom. The highest BCUT2D eigenvalue weighted by atomic mass is 32.2. The van der Waals surface area contributed by atoms with Gasteiger partial charge in [0.05, 0.1) is 0 Å². The molecule has 17 heavy (non-hydrogen) atoms. The fourth-order valence-electron chi connectivity index (χ4n) is 1.17. The lowest BCUT2D eigenvalue weighted by atomic mass is 10.3. The molecule has 0 aliphatic heterocycles. The van der Waals surface area contributed by atoms with E-state index in [2.05, 4.69) is 14.5 Å². The maximum absolute atomic E-state index is 11.8. The second-order valence-corrected chi connectivity index (χ2v) is 7.09. The van der Waals surface area contributed by atoms with Crippen LogP contribution in [0.4, 0.5) is 0 Å². The molecule has 1 heterocycles. The van der Waals surface area contributed by atoms with E-state index in [1.54, 1.807) is 10.9 Å². The van der Waals surface area contributed by atoms with Crippen molar-refractivity contribution in [3.8, 4) is 0 Å². The van der Waals surface area contributed by atoms with E-state index in [1.165, 1.54) is 0 Å². The fourth-order valence-corrected chi connectivity index (χ4v) is 1.67. The monoisotopic (exact) mass is 256 g/mol. The second-order valence-electron chi connectivity index (χ2n) is 5.15. The third-order valence-electron chi connectivity index (χ3n) is 2.04. The summed E-state index contributed by atoms with van der Waals surface area (Å²) in [4.78, 5) is 4.25. The minimum atomic E-state index is -1.26. The predicted octanol–water partition coefficient (Wildman–Crippen LogP) is 2.05. The maximum atomic E-state index is 11.8. The largest absolute Gasteiger partial charge is 0.591 e. The molecule has 5 nitrogen and oxygen atoms in total. The van der Waals surface area contributed by atoms with Gasteiger partial charge >= 0.3 is 0 Å². The zero-order valence-electron chi connectivity index (χ0n) is 11.3. The first-order valence-corrected chi connectivity index (χ1v) is 6.71. The summed E-state index contributed by atoms with van der Waals surface area (Å²) in [6.45, 7) is 11.5. The van der Waals surface area contributed by atoms with Gasteiger partial charge in [0.25, 0.3) is 0 Å². The minimum absolute atomic E-state index is 0.209. The van der Waals surface area contributed by atoms with E-state index in [4.69, 9.17) is 0 Å². The highest BCUT2D eigenvalue weighted by molar-refractivity contribution is 7.91. The number of rotatable bonds is 3. The number of nitrogens with zero attached hydrogens (tertiary/aromatic N) is 4. The van der Waals surface area contributed by atoms with E-state index < -0.39 is 11.4 Å². The lowest BCUT2D eigenvalue weighted by molar-refractivity contribution is 0.525. The van der Waals surface area contributed by atoms with Crippen LogP contribution in [0.1, 0.15) is 52.3 Å². The van der Waals surface area contributed by atoms with Gasteiger partial charge < -0.3 is 4.55 Å². The molecule has 1 rings (SSSR count). The molecule has 0 aliphatic rings. The number of hydrogen-bond donors (Lipinski definition) is 0. The standard InChI is InChI=1S/C11H20N4OS/c1-8(2)15-10(13-9(3)14-15)7-12-17(16)11(4,5)6/h7-8H,1-6H3/b12-7+. The lowest BCUT2D eigenvalue weighted by Gasteiger charge is -2.17. The Morgan fingerprint density at radius 3 is 2.47 bits per heavy atom. The molecule has 96 valence electrons. The van der Waals surface area contributed by atoms with Gasteiger partial charge in [0, 0.05) is 6.04 Å². The second kappa shape index (κ2) is 5.18. The van der Waals surface area contributed by atoms with Crippen LogP contribution in [-0.2, 0) is 11.4 Å². The van der Waals surface area contributed by atoms with E-state index in [9.17, 15) is 4.55 Å². The van der Waals surface area contributed by atoms with Crippen molar-refractivity contribution in [3.63, 3.8) is 0 Å². The summed E-state index contributed by atoms with van der Waals surface area (Å²) < 4.78 is 17.3. The Hall–Kier alpha value is -0.880. The molecule has 0 fully saturated rings. The molecule has 0 N–H and O–H groups in total. The zero-order chi connectivity index (χ0) is 13.2. The van der Waals surface area contributed by atoms with Crippen LogP contribution in [0.2, 0.25) is 0 Å². The molecule has 0 saturated heterocycles. The fraction of sp³-hybridized carbons (Fsp3) is 0.727. The Kier molecular flexibility index (Phi) is 4.32.